The lowest BCUT2D eigenvalue weighted by atomic mass is 9.96. The van der Waals surface area contributed by atoms with Gasteiger partial charge in [0.2, 0.25) is 0 Å². The summed E-state index contributed by atoms with van der Waals surface area (Å²) in [7, 11) is 0. The molecule has 0 aromatic carbocycles. The van der Waals surface area contributed by atoms with Gasteiger partial charge in [-0.1, -0.05) is 6.42 Å². The van der Waals surface area contributed by atoms with Gasteiger partial charge in [-0.05, 0) is 44.6 Å². The summed E-state index contributed by atoms with van der Waals surface area (Å²) in [6.45, 7) is 3.91. The Balaban J connectivity index is 2.08. The van der Waals surface area contributed by atoms with Crippen LogP contribution in [0.4, 0.5) is 0 Å². The third-order valence-electron chi connectivity index (χ3n) is 2.80. The van der Waals surface area contributed by atoms with Gasteiger partial charge in [0.25, 0.3) is 0 Å². The quantitative estimate of drug-likeness (QED) is 0.558. The minimum atomic E-state index is -0.859. The molecule has 0 bridgehead atoms. The van der Waals surface area contributed by atoms with Crippen LogP contribution in [0.15, 0.2) is 22.8 Å². The first-order chi connectivity index (χ1) is 9.06. The third kappa shape index (κ3) is 6.16. The van der Waals surface area contributed by atoms with Crippen molar-refractivity contribution < 1.29 is 13.9 Å². The van der Waals surface area contributed by atoms with Gasteiger partial charge in [-0.25, -0.2) is 0 Å². The molecule has 0 amide bonds. The molecule has 108 valence electrons. The molecule has 1 rings (SSSR count). The predicted octanol–water partition coefficient (Wildman–Crippen LogP) is 2.96. The Hall–Kier alpha value is -0.940. The number of esters is 1. The lowest BCUT2D eigenvalue weighted by Crippen LogP contribution is -2.46. The van der Waals surface area contributed by atoms with E-state index in [1.54, 1.807) is 20.1 Å². The summed E-state index contributed by atoms with van der Waals surface area (Å²) in [5.74, 6) is 2.63. The molecular formula is C14H23NO3S. The van der Waals surface area contributed by atoms with Crippen LogP contribution in [0.3, 0.4) is 0 Å². The molecule has 5 heteroatoms. The Labute approximate surface area is 119 Å². The number of thioether (sulfide) groups is 1. The van der Waals surface area contributed by atoms with Crippen LogP contribution >= 0.6 is 11.8 Å². The Morgan fingerprint density at radius 3 is 2.95 bits per heavy atom. The molecule has 0 aliphatic carbocycles. The fourth-order valence-electron chi connectivity index (χ4n) is 1.66. The molecule has 0 radical (unpaired) electrons. The van der Waals surface area contributed by atoms with E-state index in [-0.39, 0.29) is 5.97 Å². The number of carbonyl (C=O) groups excluding carboxylic acids is 1. The van der Waals surface area contributed by atoms with Crippen LogP contribution in [0.1, 0.15) is 38.9 Å². The summed E-state index contributed by atoms with van der Waals surface area (Å²) in [6.07, 6.45) is 4.32. The molecule has 4 nitrogen and oxygen atoms in total. The van der Waals surface area contributed by atoms with E-state index in [9.17, 15) is 4.79 Å². The number of hydrogen-bond acceptors (Lipinski definition) is 5. The summed E-state index contributed by atoms with van der Waals surface area (Å²) in [5, 5.41) is 0. The number of furan rings is 1. The van der Waals surface area contributed by atoms with E-state index in [1.165, 1.54) is 0 Å². The van der Waals surface area contributed by atoms with Crippen molar-refractivity contribution >= 4 is 17.7 Å². The Morgan fingerprint density at radius 1 is 1.53 bits per heavy atom. The molecule has 1 atom stereocenters. The van der Waals surface area contributed by atoms with E-state index in [2.05, 4.69) is 0 Å². The zero-order valence-electron chi connectivity index (χ0n) is 11.7. The summed E-state index contributed by atoms with van der Waals surface area (Å²) < 4.78 is 10.2. The highest BCUT2D eigenvalue weighted by Crippen LogP contribution is 2.17. The van der Waals surface area contributed by atoms with Gasteiger partial charge in [0.1, 0.15) is 11.3 Å². The fourth-order valence-corrected chi connectivity index (χ4v) is 2.58. The Kier molecular flexibility index (Phi) is 7.02. The van der Waals surface area contributed by atoms with E-state index in [1.807, 2.05) is 23.9 Å². The maximum absolute atomic E-state index is 11.6. The van der Waals surface area contributed by atoms with Gasteiger partial charge < -0.3 is 14.9 Å². The van der Waals surface area contributed by atoms with Gasteiger partial charge in [0.05, 0.1) is 18.6 Å². The van der Waals surface area contributed by atoms with Gasteiger partial charge in [-0.3, -0.25) is 4.79 Å². The van der Waals surface area contributed by atoms with Crippen molar-refractivity contribution in [1.82, 2.24) is 0 Å². The van der Waals surface area contributed by atoms with Crippen molar-refractivity contribution in [2.24, 2.45) is 5.73 Å². The maximum atomic E-state index is 11.6. The van der Waals surface area contributed by atoms with Gasteiger partial charge >= 0.3 is 5.97 Å². The fraction of sp³-hybridized carbons (Fsp3) is 0.643. The van der Waals surface area contributed by atoms with Crippen LogP contribution in [0, 0.1) is 0 Å². The summed E-state index contributed by atoms with van der Waals surface area (Å²) in [4.78, 5) is 11.6. The molecule has 19 heavy (non-hydrogen) atoms. The summed E-state index contributed by atoms with van der Waals surface area (Å²) in [6, 6.07) is 3.87. The van der Waals surface area contributed by atoms with Crippen molar-refractivity contribution in [2.75, 3.05) is 12.4 Å². The van der Waals surface area contributed by atoms with Crippen LogP contribution < -0.4 is 5.73 Å². The zero-order chi connectivity index (χ0) is 14.1. The van der Waals surface area contributed by atoms with E-state index < -0.39 is 5.54 Å². The largest absolute Gasteiger partial charge is 0.468 e. The van der Waals surface area contributed by atoms with Crippen LogP contribution in [0.5, 0.6) is 0 Å². The van der Waals surface area contributed by atoms with Crippen molar-refractivity contribution in [3.8, 4) is 0 Å². The summed E-state index contributed by atoms with van der Waals surface area (Å²) >= 11 is 1.83. The molecule has 1 unspecified atom stereocenters. The van der Waals surface area contributed by atoms with E-state index in [0.717, 1.165) is 30.1 Å². The molecule has 0 saturated heterocycles. The lowest BCUT2D eigenvalue weighted by molar-refractivity contribution is -0.149. The number of hydrogen-bond donors (Lipinski definition) is 1. The highest BCUT2D eigenvalue weighted by atomic mass is 32.2. The minimum Gasteiger partial charge on any atom is -0.468 e. The molecule has 0 spiro atoms. The van der Waals surface area contributed by atoms with Crippen LogP contribution in [0.2, 0.25) is 0 Å². The first-order valence-corrected chi connectivity index (χ1v) is 7.78. The first-order valence-electron chi connectivity index (χ1n) is 6.62. The normalized spacial score (nSPS) is 14.1. The van der Waals surface area contributed by atoms with Crippen molar-refractivity contribution in [3.63, 3.8) is 0 Å². The number of ether oxygens (including phenoxy) is 1. The molecule has 1 aromatic heterocycles. The lowest BCUT2D eigenvalue weighted by Gasteiger charge is -2.21. The SMILES string of the molecule is CCOC(=O)C(C)(N)CCCCSCc1ccco1. The van der Waals surface area contributed by atoms with Crippen molar-refractivity contribution in [1.29, 1.82) is 0 Å². The first kappa shape index (κ1) is 16.1. The van der Waals surface area contributed by atoms with E-state index in [4.69, 9.17) is 14.9 Å². The minimum absolute atomic E-state index is 0.307. The van der Waals surface area contributed by atoms with E-state index in [0.29, 0.717) is 13.0 Å². The molecular weight excluding hydrogens is 262 g/mol. The van der Waals surface area contributed by atoms with Crippen LogP contribution in [-0.4, -0.2) is 23.9 Å². The Morgan fingerprint density at radius 2 is 2.32 bits per heavy atom. The topological polar surface area (TPSA) is 65.5 Å². The smallest absolute Gasteiger partial charge is 0.325 e. The van der Waals surface area contributed by atoms with Crippen molar-refractivity contribution in [2.45, 2.75) is 44.4 Å². The van der Waals surface area contributed by atoms with Gasteiger partial charge in [-0.2, -0.15) is 11.8 Å². The molecule has 1 aromatic rings. The number of nitrogens with two attached hydrogens (primary N) is 1. The molecule has 0 aliphatic heterocycles. The number of rotatable bonds is 9. The van der Waals surface area contributed by atoms with Crippen LogP contribution in [0.25, 0.3) is 0 Å². The maximum Gasteiger partial charge on any atom is 0.325 e. The molecule has 1 heterocycles. The monoisotopic (exact) mass is 285 g/mol. The highest BCUT2D eigenvalue weighted by molar-refractivity contribution is 7.98. The number of carbonyl (C=O) groups is 1. The average Bonchev–Trinajstić information content (AvgIpc) is 2.87. The molecule has 0 saturated carbocycles. The standard InChI is InChI=1S/C14H23NO3S/c1-3-17-13(16)14(2,15)8-4-5-10-19-11-12-7-6-9-18-12/h6-7,9H,3-5,8,10-11,15H2,1-2H3. The molecule has 0 aliphatic rings. The third-order valence-corrected chi connectivity index (χ3v) is 3.87. The summed E-state index contributed by atoms with van der Waals surface area (Å²) in [5.41, 5.74) is 5.08. The second kappa shape index (κ2) is 8.27. The zero-order valence-corrected chi connectivity index (χ0v) is 12.5. The average molecular weight is 285 g/mol. The molecule has 2 N–H and O–H groups in total. The van der Waals surface area contributed by atoms with Crippen molar-refractivity contribution in [3.05, 3.63) is 24.2 Å². The second-order valence-corrected chi connectivity index (χ2v) is 5.83. The molecule has 0 fully saturated rings. The highest BCUT2D eigenvalue weighted by Gasteiger charge is 2.28. The number of unbranched alkanes of at least 4 members (excludes halogenated alkanes) is 1. The van der Waals surface area contributed by atoms with Crippen LogP contribution in [-0.2, 0) is 15.3 Å². The van der Waals surface area contributed by atoms with E-state index >= 15 is 0 Å². The predicted molar refractivity (Wildman–Crippen MR) is 77.9 cm³/mol. The van der Waals surface area contributed by atoms with Gasteiger partial charge in [0.15, 0.2) is 0 Å². The van der Waals surface area contributed by atoms with Gasteiger partial charge in [0, 0.05) is 0 Å². The second-order valence-electron chi connectivity index (χ2n) is 4.73. The Bertz CT molecular complexity index is 363. The van der Waals surface area contributed by atoms with Gasteiger partial charge in [-0.15, -0.1) is 0 Å².